The molecular weight excluding hydrogens is 425 g/mol. The Hall–Kier alpha value is -3.12. The third-order valence-corrected chi connectivity index (χ3v) is 5.24. The first kappa shape index (κ1) is 21.6. The number of carbonyl (C=O) groups is 2. The number of aryl methyl sites for hydroxylation is 1. The molecule has 0 aromatic carbocycles. The number of nitrogens with one attached hydrogen (secondary N) is 2. The lowest BCUT2D eigenvalue weighted by Crippen LogP contribution is -2.46. The lowest BCUT2D eigenvalue weighted by Gasteiger charge is -2.29. The molecule has 0 fully saturated rings. The zero-order chi connectivity index (χ0) is 21.9. The second-order valence-electron chi connectivity index (χ2n) is 6.32. The van der Waals surface area contributed by atoms with E-state index in [1.54, 1.807) is 6.07 Å². The summed E-state index contributed by atoms with van der Waals surface area (Å²) in [6, 6.07) is 5.93. The molecule has 0 radical (unpaired) electrons. The molecule has 0 aliphatic rings. The number of hydrogen-bond donors (Lipinski definition) is 3. The minimum atomic E-state index is -4.98. The van der Waals surface area contributed by atoms with Gasteiger partial charge in [-0.25, -0.2) is 4.98 Å². The van der Waals surface area contributed by atoms with Crippen LogP contribution in [-0.2, 0) is 12.6 Å². The molecule has 30 heavy (non-hydrogen) atoms. The van der Waals surface area contributed by atoms with Gasteiger partial charge < -0.3 is 24.7 Å². The molecule has 2 amide bonds. The molecule has 160 valence electrons. The van der Waals surface area contributed by atoms with Gasteiger partial charge in [-0.15, -0.1) is 11.3 Å². The van der Waals surface area contributed by atoms with Gasteiger partial charge in [-0.2, -0.15) is 13.2 Å². The topological polar surface area (TPSA) is 109 Å². The van der Waals surface area contributed by atoms with Crippen LogP contribution in [0.15, 0.2) is 47.3 Å². The van der Waals surface area contributed by atoms with E-state index in [2.05, 4.69) is 15.6 Å². The Labute approximate surface area is 172 Å². The number of thiophene rings is 1. The number of rotatable bonds is 7. The van der Waals surface area contributed by atoms with Crippen molar-refractivity contribution in [2.75, 3.05) is 11.9 Å². The molecule has 0 aliphatic carbocycles. The van der Waals surface area contributed by atoms with Crippen LogP contribution >= 0.6 is 11.3 Å². The van der Waals surface area contributed by atoms with E-state index in [1.165, 1.54) is 37.7 Å². The minimum Gasteiger partial charge on any atom is -0.459 e. The summed E-state index contributed by atoms with van der Waals surface area (Å²) < 4.78 is 46.5. The van der Waals surface area contributed by atoms with Gasteiger partial charge in [0, 0.05) is 32.4 Å². The summed E-state index contributed by atoms with van der Waals surface area (Å²) in [4.78, 5) is 28.0. The van der Waals surface area contributed by atoms with Crippen LogP contribution in [0.1, 0.15) is 32.5 Å². The standard InChI is InChI=1S/C18H17F3N4O4S/c1-25-9-8-23-16(25)17(28,18(19,20)21)6-7-22-15(27)12-4-5-13(30-12)24-14(26)11-3-2-10-29-11/h2-5,8-10,28H,6-7H2,1H3,(H,22,27)(H,24,26). The van der Waals surface area contributed by atoms with Crippen LogP contribution in [0.2, 0.25) is 0 Å². The molecule has 3 aromatic rings. The first-order chi connectivity index (χ1) is 14.1. The largest absolute Gasteiger partial charge is 0.459 e. The number of carbonyl (C=O) groups excluding carboxylic acids is 2. The molecule has 3 heterocycles. The Morgan fingerprint density at radius 3 is 2.63 bits per heavy atom. The van der Waals surface area contributed by atoms with Crippen molar-refractivity contribution >= 4 is 28.2 Å². The van der Waals surface area contributed by atoms with Gasteiger partial charge in [-0.05, 0) is 24.3 Å². The van der Waals surface area contributed by atoms with E-state index in [1.807, 2.05) is 0 Å². The summed E-state index contributed by atoms with van der Waals surface area (Å²) in [5.74, 6) is -1.61. The molecule has 3 aromatic heterocycles. The first-order valence-corrected chi connectivity index (χ1v) is 9.43. The van der Waals surface area contributed by atoms with Crippen molar-refractivity contribution in [2.24, 2.45) is 7.05 Å². The Bertz CT molecular complexity index is 1030. The number of amides is 2. The summed E-state index contributed by atoms with van der Waals surface area (Å²) in [7, 11) is 1.34. The highest BCUT2D eigenvalue weighted by molar-refractivity contribution is 7.18. The summed E-state index contributed by atoms with van der Waals surface area (Å²) in [6.07, 6.45) is -2.03. The predicted molar refractivity (Wildman–Crippen MR) is 101 cm³/mol. The van der Waals surface area contributed by atoms with Crippen LogP contribution in [0, 0.1) is 0 Å². The highest BCUT2D eigenvalue weighted by atomic mass is 32.1. The van der Waals surface area contributed by atoms with E-state index in [0.717, 1.165) is 22.1 Å². The average molecular weight is 442 g/mol. The molecule has 0 bridgehead atoms. The van der Waals surface area contributed by atoms with Crippen molar-refractivity contribution in [3.05, 3.63) is 59.4 Å². The van der Waals surface area contributed by atoms with Gasteiger partial charge in [0.15, 0.2) is 5.76 Å². The third kappa shape index (κ3) is 4.39. The fourth-order valence-corrected chi connectivity index (χ4v) is 3.51. The van der Waals surface area contributed by atoms with Gasteiger partial charge in [0.2, 0.25) is 5.60 Å². The van der Waals surface area contributed by atoms with Crippen LogP contribution in [0.5, 0.6) is 0 Å². The minimum absolute atomic E-state index is 0.0927. The number of hydrogen-bond acceptors (Lipinski definition) is 6. The lowest BCUT2D eigenvalue weighted by molar-refractivity contribution is -0.272. The van der Waals surface area contributed by atoms with E-state index in [0.29, 0.717) is 5.00 Å². The molecule has 0 spiro atoms. The van der Waals surface area contributed by atoms with Gasteiger partial charge in [0.05, 0.1) is 16.1 Å². The highest BCUT2D eigenvalue weighted by Gasteiger charge is 2.57. The van der Waals surface area contributed by atoms with Crippen molar-refractivity contribution in [1.29, 1.82) is 0 Å². The highest BCUT2D eigenvalue weighted by Crippen LogP contribution is 2.40. The maximum Gasteiger partial charge on any atom is 0.424 e. The van der Waals surface area contributed by atoms with E-state index in [-0.39, 0.29) is 10.6 Å². The molecule has 8 nitrogen and oxygen atoms in total. The summed E-state index contributed by atoms with van der Waals surface area (Å²) in [5, 5.41) is 15.5. The number of anilines is 1. The van der Waals surface area contributed by atoms with Crippen molar-refractivity contribution < 1.29 is 32.3 Å². The number of halogens is 3. The monoisotopic (exact) mass is 442 g/mol. The molecule has 1 atom stereocenters. The molecule has 1 unspecified atom stereocenters. The van der Waals surface area contributed by atoms with Crippen LogP contribution in [-0.4, -0.2) is 39.2 Å². The molecule has 0 saturated heterocycles. The third-order valence-electron chi connectivity index (χ3n) is 4.24. The van der Waals surface area contributed by atoms with Crippen LogP contribution in [0.4, 0.5) is 18.2 Å². The number of furan rings is 1. The maximum absolute atomic E-state index is 13.5. The van der Waals surface area contributed by atoms with E-state index >= 15 is 0 Å². The Kier molecular flexibility index (Phi) is 5.99. The molecule has 0 aliphatic heterocycles. The fourth-order valence-electron chi connectivity index (χ4n) is 2.70. The van der Waals surface area contributed by atoms with Crippen molar-refractivity contribution in [3.63, 3.8) is 0 Å². The van der Waals surface area contributed by atoms with Crippen molar-refractivity contribution in [1.82, 2.24) is 14.9 Å². The fraction of sp³-hybridized carbons (Fsp3) is 0.278. The Balaban J connectivity index is 1.61. The van der Waals surface area contributed by atoms with Gasteiger partial charge >= 0.3 is 6.18 Å². The van der Waals surface area contributed by atoms with Crippen molar-refractivity contribution in [2.45, 2.75) is 18.2 Å². The zero-order valence-electron chi connectivity index (χ0n) is 15.6. The average Bonchev–Trinajstić information content (AvgIpc) is 3.42. The molecule has 12 heteroatoms. The molecule has 3 rings (SSSR count). The van der Waals surface area contributed by atoms with Gasteiger partial charge in [-0.1, -0.05) is 0 Å². The smallest absolute Gasteiger partial charge is 0.424 e. The normalized spacial score (nSPS) is 13.6. The SMILES string of the molecule is Cn1ccnc1C(O)(CCNC(=O)c1ccc(NC(=O)c2ccco2)s1)C(F)(F)F. The summed E-state index contributed by atoms with van der Waals surface area (Å²) in [6.45, 7) is -0.451. The second kappa shape index (κ2) is 8.32. The van der Waals surface area contributed by atoms with Gasteiger partial charge in [0.1, 0.15) is 5.82 Å². The van der Waals surface area contributed by atoms with Gasteiger partial charge in [0.25, 0.3) is 11.8 Å². The number of alkyl halides is 3. The maximum atomic E-state index is 13.5. The molecular formula is C18H17F3N4O4S. The zero-order valence-corrected chi connectivity index (χ0v) is 16.4. The van der Waals surface area contributed by atoms with Gasteiger partial charge in [-0.3, -0.25) is 9.59 Å². The molecule has 3 N–H and O–H groups in total. The van der Waals surface area contributed by atoms with Crippen molar-refractivity contribution in [3.8, 4) is 0 Å². The molecule has 0 saturated carbocycles. The van der Waals surface area contributed by atoms with Crippen LogP contribution in [0.25, 0.3) is 0 Å². The quantitative estimate of drug-likeness (QED) is 0.521. The van der Waals surface area contributed by atoms with E-state index in [9.17, 15) is 27.9 Å². The first-order valence-electron chi connectivity index (χ1n) is 8.61. The lowest BCUT2D eigenvalue weighted by atomic mass is 9.97. The number of aliphatic hydroxyl groups is 1. The van der Waals surface area contributed by atoms with Crippen LogP contribution in [0.3, 0.4) is 0 Å². The number of imidazole rings is 1. The number of aromatic nitrogens is 2. The van der Waals surface area contributed by atoms with E-state index in [4.69, 9.17) is 4.42 Å². The van der Waals surface area contributed by atoms with Crippen LogP contribution < -0.4 is 10.6 Å². The van der Waals surface area contributed by atoms with E-state index < -0.39 is 42.4 Å². The predicted octanol–water partition coefficient (Wildman–Crippen LogP) is 2.90. The summed E-state index contributed by atoms with van der Waals surface area (Å²) >= 11 is 0.943. The Morgan fingerprint density at radius 2 is 2.03 bits per heavy atom. The number of nitrogens with zero attached hydrogens (tertiary/aromatic N) is 2. The second-order valence-corrected chi connectivity index (χ2v) is 7.40. The summed E-state index contributed by atoms with van der Waals surface area (Å²) in [5.41, 5.74) is -3.21. The Morgan fingerprint density at radius 1 is 1.27 bits per heavy atom.